The number of aliphatic hydroxyl groups is 1. The molecule has 5 rings (SSSR count). The summed E-state index contributed by atoms with van der Waals surface area (Å²) in [6.45, 7) is 3.72. The molecule has 0 spiro atoms. The number of likely N-dealkylation sites (tertiary alicyclic amines) is 1. The predicted octanol–water partition coefficient (Wildman–Crippen LogP) is 3.87. The number of imidazole rings is 1. The van der Waals surface area contributed by atoms with E-state index in [1.165, 1.54) is 23.3 Å². The van der Waals surface area contributed by atoms with Crippen molar-refractivity contribution in [2.45, 2.75) is 26.4 Å². The number of rotatable bonds is 4. The molecule has 1 saturated heterocycles. The Morgan fingerprint density at radius 2 is 1.94 bits per heavy atom. The number of pyridine rings is 1. The summed E-state index contributed by atoms with van der Waals surface area (Å²) in [5, 5.41) is 21.4. The van der Waals surface area contributed by atoms with Crippen LogP contribution in [-0.4, -0.2) is 36.2 Å². The summed E-state index contributed by atoms with van der Waals surface area (Å²) in [5.41, 5.74) is 2.82. The van der Waals surface area contributed by atoms with E-state index in [0.717, 1.165) is 5.56 Å². The minimum Gasteiger partial charge on any atom is -0.508 e. The first-order valence-corrected chi connectivity index (χ1v) is 10.4. The van der Waals surface area contributed by atoms with Gasteiger partial charge < -0.3 is 23.9 Å². The summed E-state index contributed by atoms with van der Waals surface area (Å²) in [5.74, 6) is -1.47. The van der Waals surface area contributed by atoms with E-state index in [1.807, 2.05) is 29.7 Å². The second-order valence-electron chi connectivity index (χ2n) is 8.03. The van der Waals surface area contributed by atoms with Crippen LogP contribution in [0.4, 0.5) is 0 Å². The van der Waals surface area contributed by atoms with E-state index in [4.69, 9.17) is 4.42 Å². The summed E-state index contributed by atoms with van der Waals surface area (Å²) in [6.07, 6.45) is 3.31. The molecule has 3 aromatic heterocycles. The van der Waals surface area contributed by atoms with E-state index in [1.54, 1.807) is 31.2 Å². The Hall–Kier alpha value is -4.33. The van der Waals surface area contributed by atoms with Crippen LogP contribution >= 0.6 is 0 Å². The maximum absolute atomic E-state index is 13.2. The van der Waals surface area contributed by atoms with Crippen molar-refractivity contribution in [3.63, 3.8) is 0 Å². The van der Waals surface area contributed by atoms with Gasteiger partial charge in [-0.25, -0.2) is 4.98 Å². The number of carbonyl (C=O) groups is 2. The number of fused-ring (bicyclic) bond motifs is 1. The summed E-state index contributed by atoms with van der Waals surface area (Å²) >= 11 is 0. The minimum absolute atomic E-state index is 0.0179. The zero-order valence-electron chi connectivity index (χ0n) is 18.0. The highest BCUT2D eigenvalue weighted by Gasteiger charge is 2.47. The van der Waals surface area contributed by atoms with Gasteiger partial charge in [-0.3, -0.25) is 9.59 Å². The highest BCUT2D eigenvalue weighted by Crippen LogP contribution is 2.41. The van der Waals surface area contributed by atoms with Gasteiger partial charge in [-0.05, 0) is 55.3 Å². The van der Waals surface area contributed by atoms with Crippen molar-refractivity contribution in [2.75, 3.05) is 0 Å². The van der Waals surface area contributed by atoms with E-state index in [2.05, 4.69) is 4.98 Å². The van der Waals surface area contributed by atoms with Gasteiger partial charge in [0, 0.05) is 6.20 Å². The van der Waals surface area contributed by atoms with Crippen LogP contribution in [-0.2, 0) is 16.1 Å². The third kappa shape index (κ3) is 3.27. The zero-order valence-corrected chi connectivity index (χ0v) is 18.0. The van der Waals surface area contributed by atoms with Gasteiger partial charge in [-0.2, -0.15) is 0 Å². The molecule has 1 aliphatic heterocycles. The van der Waals surface area contributed by atoms with Crippen LogP contribution in [0, 0.1) is 13.8 Å². The molecule has 4 heterocycles. The summed E-state index contributed by atoms with van der Waals surface area (Å²) in [7, 11) is 0. The van der Waals surface area contributed by atoms with E-state index in [9.17, 15) is 19.8 Å². The summed E-state index contributed by atoms with van der Waals surface area (Å²) in [6, 6.07) is 12.5. The van der Waals surface area contributed by atoms with Gasteiger partial charge in [0.05, 0.1) is 30.1 Å². The number of aryl methyl sites for hydroxylation is 2. The average Bonchev–Trinajstić information content (AvgIpc) is 3.49. The number of benzene rings is 1. The van der Waals surface area contributed by atoms with Crippen LogP contribution in [0.15, 0.2) is 71.0 Å². The number of aromatic nitrogens is 2. The van der Waals surface area contributed by atoms with Crippen molar-refractivity contribution in [3.8, 4) is 5.75 Å². The smallest absolute Gasteiger partial charge is 0.296 e. The lowest BCUT2D eigenvalue weighted by Crippen LogP contribution is -2.29. The first kappa shape index (κ1) is 20.6. The molecule has 0 radical (unpaired) electrons. The summed E-state index contributed by atoms with van der Waals surface area (Å²) in [4.78, 5) is 32.1. The average molecular weight is 443 g/mol. The van der Waals surface area contributed by atoms with E-state index >= 15 is 0 Å². The number of ketones is 1. The Bertz CT molecular complexity index is 1430. The Morgan fingerprint density at radius 1 is 1.12 bits per heavy atom. The van der Waals surface area contributed by atoms with Crippen LogP contribution < -0.4 is 0 Å². The number of Topliss-reactive ketones (excluding diaryl/α,β-unsaturated/α-hetero) is 1. The van der Waals surface area contributed by atoms with Gasteiger partial charge in [0.25, 0.3) is 11.7 Å². The van der Waals surface area contributed by atoms with Crippen molar-refractivity contribution < 1.29 is 24.2 Å². The van der Waals surface area contributed by atoms with Crippen molar-refractivity contribution in [2.24, 2.45) is 0 Å². The zero-order chi connectivity index (χ0) is 23.3. The fraction of sp³-hybridized carbons (Fsp3) is 0.160. The molecule has 1 aliphatic rings. The number of hydrogen-bond donors (Lipinski definition) is 2. The van der Waals surface area contributed by atoms with Crippen LogP contribution in [0.3, 0.4) is 0 Å². The third-order valence-corrected chi connectivity index (χ3v) is 5.94. The number of aromatic hydroxyl groups is 1. The molecular weight excluding hydrogens is 422 g/mol. The van der Waals surface area contributed by atoms with Crippen molar-refractivity contribution >= 4 is 23.1 Å². The Morgan fingerprint density at radius 3 is 2.64 bits per heavy atom. The largest absolute Gasteiger partial charge is 0.508 e. The number of aliphatic hydroxyl groups excluding tert-OH is 1. The van der Waals surface area contributed by atoms with Crippen LogP contribution in [0.2, 0.25) is 0 Å². The second kappa shape index (κ2) is 7.67. The maximum atomic E-state index is 13.2. The quantitative estimate of drug-likeness (QED) is 0.282. The molecule has 1 unspecified atom stereocenters. The van der Waals surface area contributed by atoms with E-state index < -0.39 is 17.7 Å². The number of carbonyl (C=O) groups excluding carboxylic acids is 2. The van der Waals surface area contributed by atoms with Gasteiger partial charge in [0.1, 0.15) is 22.9 Å². The number of phenols is 1. The van der Waals surface area contributed by atoms with Gasteiger partial charge in [-0.15, -0.1) is 0 Å². The number of hydrogen-bond acceptors (Lipinski definition) is 6. The Labute approximate surface area is 189 Å². The summed E-state index contributed by atoms with van der Waals surface area (Å²) < 4.78 is 7.22. The highest BCUT2D eigenvalue weighted by atomic mass is 16.3. The Kier molecular flexibility index (Phi) is 4.78. The molecule has 166 valence electrons. The van der Waals surface area contributed by atoms with Crippen LogP contribution in [0.25, 0.3) is 11.4 Å². The standard InChI is InChI=1S/C25H21N3O5/c1-14-6-4-10-27-15(2)20(26-24(14)27)22(30)19-21(16-7-3-8-17(29)12-16)28(25(32)23(19)31)13-18-9-5-11-33-18/h3-12,21,29-30H,13H2,1-2H3. The molecule has 33 heavy (non-hydrogen) atoms. The second-order valence-corrected chi connectivity index (χ2v) is 8.03. The molecule has 1 atom stereocenters. The lowest BCUT2D eigenvalue weighted by Gasteiger charge is -2.24. The molecule has 0 bridgehead atoms. The number of phenolic OH excluding ortho intramolecular Hbond substituents is 1. The van der Waals surface area contributed by atoms with Gasteiger partial charge in [-0.1, -0.05) is 18.2 Å². The minimum atomic E-state index is -0.924. The molecule has 2 N–H and O–H groups in total. The maximum Gasteiger partial charge on any atom is 0.296 e. The highest BCUT2D eigenvalue weighted by molar-refractivity contribution is 6.46. The third-order valence-electron chi connectivity index (χ3n) is 5.94. The molecule has 0 aliphatic carbocycles. The van der Waals surface area contributed by atoms with Crippen LogP contribution in [0.1, 0.15) is 34.3 Å². The topological polar surface area (TPSA) is 108 Å². The molecule has 1 fully saturated rings. The number of amides is 1. The molecular formula is C25H21N3O5. The van der Waals surface area contributed by atoms with Gasteiger partial charge in [0.15, 0.2) is 5.76 Å². The first-order chi connectivity index (χ1) is 15.9. The predicted molar refractivity (Wildman–Crippen MR) is 119 cm³/mol. The fourth-order valence-corrected chi connectivity index (χ4v) is 4.33. The first-order valence-electron chi connectivity index (χ1n) is 10.4. The molecule has 0 saturated carbocycles. The molecule has 4 aromatic rings. The van der Waals surface area contributed by atoms with E-state index in [-0.39, 0.29) is 29.3 Å². The number of nitrogens with zero attached hydrogens (tertiary/aromatic N) is 3. The lowest BCUT2D eigenvalue weighted by atomic mass is 9.96. The SMILES string of the molecule is Cc1cccn2c(C)c(C(O)=C3C(=O)C(=O)N(Cc4ccco4)C3c3cccc(O)c3)nc12. The molecule has 8 heteroatoms. The van der Waals surface area contributed by atoms with Gasteiger partial charge in [0.2, 0.25) is 0 Å². The molecule has 1 amide bonds. The van der Waals surface area contributed by atoms with Crippen molar-refractivity contribution in [3.05, 3.63) is 94.8 Å². The number of furan rings is 1. The molecule has 1 aromatic carbocycles. The van der Waals surface area contributed by atoms with Crippen molar-refractivity contribution in [1.29, 1.82) is 0 Å². The van der Waals surface area contributed by atoms with Crippen molar-refractivity contribution in [1.82, 2.24) is 14.3 Å². The van der Waals surface area contributed by atoms with Gasteiger partial charge >= 0.3 is 0 Å². The van der Waals surface area contributed by atoms with E-state index in [0.29, 0.717) is 22.7 Å². The Balaban J connectivity index is 1.72. The fourth-order valence-electron chi connectivity index (χ4n) is 4.33. The normalized spacial score (nSPS) is 17.9. The monoisotopic (exact) mass is 443 g/mol. The lowest BCUT2D eigenvalue weighted by molar-refractivity contribution is -0.140. The molecule has 8 nitrogen and oxygen atoms in total. The van der Waals surface area contributed by atoms with Crippen LogP contribution in [0.5, 0.6) is 5.75 Å².